The van der Waals surface area contributed by atoms with Crippen LogP contribution in [0.2, 0.25) is 0 Å². The second kappa shape index (κ2) is 4.49. The van der Waals surface area contributed by atoms with E-state index >= 15 is 0 Å². The average molecular weight is 188 g/mol. The summed E-state index contributed by atoms with van der Waals surface area (Å²) in [5, 5.41) is 0. The molecular formula is C9H20N2S. The van der Waals surface area contributed by atoms with Gasteiger partial charge in [-0.3, -0.25) is 0 Å². The Morgan fingerprint density at radius 2 is 1.92 bits per heavy atom. The van der Waals surface area contributed by atoms with Crippen molar-refractivity contribution < 1.29 is 0 Å². The van der Waals surface area contributed by atoms with Gasteiger partial charge in [-0.2, -0.15) is 11.8 Å². The fourth-order valence-corrected chi connectivity index (χ4v) is 2.41. The SMILES string of the molecule is CC(C)(CN)CN1CCSCC1. The maximum atomic E-state index is 5.69. The first kappa shape index (κ1) is 10.4. The monoisotopic (exact) mass is 188 g/mol. The van der Waals surface area contributed by atoms with E-state index in [1.165, 1.54) is 24.6 Å². The molecule has 0 aliphatic carbocycles. The van der Waals surface area contributed by atoms with Crippen molar-refractivity contribution in [2.75, 3.05) is 37.7 Å². The van der Waals surface area contributed by atoms with Crippen LogP contribution in [-0.4, -0.2) is 42.6 Å². The van der Waals surface area contributed by atoms with Gasteiger partial charge >= 0.3 is 0 Å². The van der Waals surface area contributed by atoms with Crippen LogP contribution in [0.1, 0.15) is 13.8 Å². The molecule has 0 amide bonds. The van der Waals surface area contributed by atoms with Crippen LogP contribution in [0.15, 0.2) is 0 Å². The lowest BCUT2D eigenvalue weighted by Gasteiger charge is -2.33. The third-order valence-corrected chi connectivity index (χ3v) is 3.25. The van der Waals surface area contributed by atoms with E-state index in [1.807, 2.05) is 0 Å². The second-order valence-corrected chi connectivity index (χ2v) is 5.48. The summed E-state index contributed by atoms with van der Waals surface area (Å²) >= 11 is 2.06. The van der Waals surface area contributed by atoms with Crippen LogP contribution in [-0.2, 0) is 0 Å². The molecule has 0 spiro atoms. The second-order valence-electron chi connectivity index (χ2n) is 4.26. The summed E-state index contributed by atoms with van der Waals surface area (Å²) in [6.07, 6.45) is 0. The van der Waals surface area contributed by atoms with Crippen LogP contribution >= 0.6 is 11.8 Å². The summed E-state index contributed by atoms with van der Waals surface area (Å²) in [6, 6.07) is 0. The molecule has 0 saturated carbocycles. The summed E-state index contributed by atoms with van der Waals surface area (Å²) < 4.78 is 0. The summed E-state index contributed by atoms with van der Waals surface area (Å²) in [7, 11) is 0. The Hall–Kier alpha value is 0.270. The molecule has 72 valence electrons. The first-order valence-electron chi connectivity index (χ1n) is 4.64. The molecule has 1 rings (SSSR count). The third kappa shape index (κ3) is 3.33. The molecule has 0 bridgehead atoms. The predicted octanol–water partition coefficient (Wildman–Crippen LogP) is 1.02. The van der Waals surface area contributed by atoms with Gasteiger partial charge in [0.25, 0.3) is 0 Å². The van der Waals surface area contributed by atoms with Gasteiger partial charge in [0.1, 0.15) is 0 Å². The molecule has 2 N–H and O–H groups in total. The molecule has 1 aliphatic rings. The summed E-state index contributed by atoms with van der Waals surface area (Å²) in [4.78, 5) is 2.53. The van der Waals surface area contributed by atoms with Gasteiger partial charge in [-0.15, -0.1) is 0 Å². The third-order valence-electron chi connectivity index (χ3n) is 2.31. The zero-order valence-electron chi connectivity index (χ0n) is 8.18. The van der Waals surface area contributed by atoms with Gasteiger partial charge in [0.15, 0.2) is 0 Å². The first-order valence-corrected chi connectivity index (χ1v) is 5.80. The van der Waals surface area contributed by atoms with Gasteiger partial charge in [-0.05, 0) is 12.0 Å². The smallest absolute Gasteiger partial charge is 0.00729 e. The van der Waals surface area contributed by atoms with Crippen LogP contribution in [0.5, 0.6) is 0 Å². The van der Waals surface area contributed by atoms with Crippen molar-refractivity contribution in [3.8, 4) is 0 Å². The fourth-order valence-electron chi connectivity index (χ4n) is 1.43. The van der Waals surface area contributed by atoms with Crippen molar-refractivity contribution in [2.24, 2.45) is 11.1 Å². The van der Waals surface area contributed by atoms with Gasteiger partial charge in [0.05, 0.1) is 0 Å². The maximum Gasteiger partial charge on any atom is 0.00729 e. The van der Waals surface area contributed by atoms with Crippen molar-refractivity contribution in [2.45, 2.75) is 13.8 Å². The highest BCUT2D eigenvalue weighted by Gasteiger charge is 2.21. The molecule has 1 saturated heterocycles. The van der Waals surface area contributed by atoms with Gasteiger partial charge in [-0.1, -0.05) is 13.8 Å². The van der Waals surface area contributed by atoms with Crippen molar-refractivity contribution in [3.05, 3.63) is 0 Å². The van der Waals surface area contributed by atoms with Crippen LogP contribution in [0.3, 0.4) is 0 Å². The summed E-state index contributed by atoms with van der Waals surface area (Å²) in [6.45, 7) is 8.92. The summed E-state index contributed by atoms with van der Waals surface area (Å²) in [5.74, 6) is 2.58. The molecule has 2 nitrogen and oxygen atoms in total. The van der Waals surface area contributed by atoms with Crippen molar-refractivity contribution in [1.29, 1.82) is 0 Å². The van der Waals surface area contributed by atoms with E-state index in [9.17, 15) is 0 Å². The Bertz CT molecular complexity index is 130. The van der Waals surface area contributed by atoms with E-state index in [2.05, 4.69) is 30.5 Å². The molecule has 0 aromatic heterocycles. The van der Waals surface area contributed by atoms with E-state index < -0.39 is 0 Å². The van der Waals surface area contributed by atoms with Crippen LogP contribution in [0.4, 0.5) is 0 Å². The molecule has 1 heterocycles. The molecule has 1 fully saturated rings. The fraction of sp³-hybridized carbons (Fsp3) is 1.00. The number of hydrogen-bond donors (Lipinski definition) is 1. The number of rotatable bonds is 3. The Kier molecular flexibility index (Phi) is 3.87. The number of hydrogen-bond acceptors (Lipinski definition) is 3. The Morgan fingerprint density at radius 3 is 2.42 bits per heavy atom. The minimum atomic E-state index is 0.294. The molecule has 0 aromatic carbocycles. The van der Waals surface area contributed by atoms with Gasteiger partial charge in [0.2, 0.25) is 0 Å². The van der Waals surface area contributed by atoms with E-state index in [0.717, 1.165) is 13.1 Å². The van der Waals surface area contributed by atoms with Crippen LogP contribution < -0.4 is 5.73 Å². The van der Waals surface area contributed by atoms with Crippen LogP contribution in [0, 0.1) is 5.41 Å². The largest absolute Gasteiger partial charge is 0.330 e. The molecule has 3 heteroatoms. The van der Waals surface area contributed by atoms with E-state index in [0.29, 0.717) is 5.41 Å². The molecule has 0 unspecified atom stereocenters. The highest BCUT2D eigenvalue weighted by Crippen LogP contribution is 2.17. The molecule has 0 radical (unpaired) electrons. The lowest BCUT2D eigenvalue weighted by molar-refractivity contribution is 0.197. The van der Waals surface area contributed by atoms with E-state index in [1.54, 1.807) is 0 Å². The minimum Gasteiger partial charge on any atom is -0.330 e. The highest BCUT2D eigenvalue weighted by molar-refractivity contribution is 7.99. The number of thioether (sulfide) groups is 1. The van der Waals surface area contributed by atoms with Crippen molar-refractivity contribution >= 4 is 11.8 Å². The standard InChI is InChI=1S/C9H20N2S/c1-9(2,7-10)8-11-3-5-12-6-4-11/h3-8,10H2,1-2H3. The van der Waals surface area contributed by atoms with E-state index in [-0.39, 0.29) is 0 Å². The van der Waals surface area contributed by atoms with Crippen molar-refractivity contribution in [1.82, 2.24) is 4.90 Å². The van der Waals surface area contributed by atoms with Gasteiger partial charge in [-0.25, -0.2) is 0 Å². The zero-order chi connectivity index (χ0) is 9.03. The summed E-state index contributed by atoms with van der Waals surface area (Å²) in [5.41, 5.74) is 5.99. The number of nitrogens with two attached hydrogens (primary N) is 1. The average Bonchev–Trinajstić information content (AvgIpc) is 2.06. The van der Waals surface area contributed by atoms with Gasteiger partial charge < -0.3 is 10.6 Å². The van der Waals surface area contributed by atoms with Crippen LogP contribution in [0.25, 0.3) is 0 Å². The molecule has 0 atom stereocenters. The topological polar surface area (TPSA) is 29.3 Å². The van der Waals surface area contributed by atoms with E-state index in [4.69, 9.17) is 5.73 Å². The number of nitrogens with zero attached hydrogens (tertiary/aromatic N) is 1. The molecule has 12 heavy (non-hydrogen) atoms. The highest BCUT2D eigenvalue weighted by atomic mass is 32.2. The molecular weight excluding hydrogens is 168 g/mol. The molecule has 1 aliphatic heterocycles. The predicted molar refractivity (Wildman–Crippen MR) is 56.6 cm³/mol. The Morgan fingerprint density at radius 1 is 1.33 bits per heavy atom. The molecule has 0 aromatic rings. The van der Waals surface area contributed by atoms with Crippen molar-refractivity contribution in [3.63, 3.8) is 0 Å². The van der Waals surface area contributed by atoms with Gasteiger partial charge in [0, 0.05) is 31.1 Å². The Balaban J connectivity index is 2.28. The quantitative estimate of drug-likeness (QED) is 0.717. The lowest BCUT2D eigenvalue weighted by Crippen LogP contribution is -2.42. The zero-order valence-corrected chi connectivity index (χ0v) is 8.99. The lowest BCUT2D eigenvalue weighted by atomic mass is 9.93. The Labute approximate surface area is 79.9 Å². The normalized spacial score (nSPS) is 21.2. The maximum absolute atomic E-state index is 5.69. The minimum absolute atomic E-state index is 0.294. The first-order chi connectivity index (χ1) is 5.64.